The van der Waals surface area contributed by atoms with E-state index < -0.39 is 11.2 Å². The monoisotopic (exact) mass is 245 g/mol. The minimum Gasteiger partial charge on any atom is -0.619 e. The SMILES string of the molecule is Cn1c2nc(=O)[nH]c(=O)c-2nc2cc[n+]([O-])cc21. The summed E-state index contributed by atoms with van der Waals surface area (Å²) in [5.41, 5.74) is -0.315. The van der Waals surface area contributed by atoms with Gasteiger partial charge in [0.25, 0.3) is 5.56 Å². The van der Waals surface area contributed by atoms with Crippen LogP contribution in [0.1, 0.15) is 0 Å². The molecule has 2 aliphatic rings. The number of aromatic nitrogens is 5. The fourth-order valence-corrected chi connectivity index (χ4v) is 1.82. The van der Waals surface area contributed by atoms with E-state index in [4.69, 9.17) is 0 Å². The number of nitrogens with one attached hydrogen (secondary N) is 1. The lowest BCUT2D eigenvalue weighted by atomic mass is 10.3. The lowest BCUT2D eigenvalue weighted by Gasteiger charge is -2.10. The Hall–Kier alpha value is -2.77. The fourth-order valence-electron chi connectivity index (χ4n) is 1.82. The third kappa shape index (κ3) is 1.35. The molecule has 0 aromatic carbocycles. The van der Waals surface area contributed by atoms with E-state index in [-0.39, 0.29) is 11.5 Å². The van der Waals surface area contributed by atoms with Crippen molar-refractivity contribution in [3.05, 3.63) is 44.5 Å². The van der Waals surface area contributed by atoms with Crippen molar-refractivity contribution in [3.63, 3.8) is 0 Å². The summed E-state index contributed by atoms with van der Waals surface area (Å²) in [7, 11) is 1.61. The molecule has 0 aliphatic carbocycles. The molecule has 1 aromatic rings. The van der Waals surface area contributed by atoms with Crippen LogP contribution < -0.4 is 16.0 Å². The summed E-state index contributed by atoms with van der Waals surface area (Å²) < 4.78 is 2.10. The van der Waals surface area contributed by atoms with E-state index in [1.165, 1.54) is 23.0 Å². The molecule has 2 aliphatic heterocycles. The van der Waals surface area contributed by atoms with Gasteiger partial charge in [0.2, 0.25) is 6.20 Å². The summed E-state index contributed by atoms with van der Waals surface area (Å²) in [5, 5.41) is 11.2. The standard InChI is InChI=1S/C10H7N5O3/c1-14-6-4-15(18)3-2-5(6)11-7-8(14)12-10(17)13-9(7)16/h2-4H,1H3,(H,13,16,17). The number of aromatic amines is 1. The topological polar surface area (TPSA) is 108 Å². The molecule has 8 heteroatoms. The Labute approximate surface area is 99.1 Å². The number of hydrogen-bond donors (Lipinski definition) is 1. The first-order valence-electron chi connectivity index (χ1n) is 5.06. The smallest absolute Gasteiger partial charge is 0.349 e. The van der Waals surface area contributed by atoms with E-state index >= 15 is 0 Å². The number of hydrogen-bond acceptors (Lipinski definition) is 5. The van der Waals surface area contributed by atoms with Gasteiger partial charge in [-0.2, -0.15) is 9.71 Å². The van der Waals surface area contributed by atoms with Gasteiger partial charge in [-0.25, -0.2) is 9.78 Å². The second-order valence-corrected chi connectivity index (χ2v) is 3.79. The van der Waals surface area contributed by atoms with Crippen molar-refractivity contribution in [2.24, 2.45) is 7.05 Å². The number of nitrogens with zero attached hydrogens (tertiary/aromatic N) is 4. The quantitative estimate of drug-likeness (QED) is 0.302. The van der Waals surface area contributed by atoms with E-state index in [0.29, 0.717) is 15.8 Å². The van der Waals surface area contributed by atoms with Gasteiger partial charge in [-0.1, -0.05) is 0 Å². The van der Waals surface area contributed by atoms with Gasteiger partial charge in [0.1, 0.15) is 5.52 Å². The van der Waals surface area contributed by atoms with Crippen molar-refractivity contribution >= 4 is 11.0 Å². The Balaban J connectivity index is 2.61. The van der Waals surface area contributed by atoms with Gasteiger partial charge in [-0.3, -0.25) is 9.78 Å². The molecule has 0 radical (unpaired) electrons. The predicted octanol–water partition coefficient (Wildman–Crippen LogP) is -1.25. The van der Waals surface area contributed by atoms with Gasteiger partial charge in [0, 0.05) is 13.1 Å². The second kappa shape index (κ2) is 3.36. The second-order valence-electron chi connectivity index (χ2n) is 3.79. The maximum Gasteiger partial charge on any atom is 0.349 e. The molecule has 0 saturated heterocycles. The first-order valence-corrected chi connectivity index (χ1v) is 5.06. The Bertz CT molecular complexity index is 850. The summed E-state index contributed by atoms with van der Waals surface area (Å²) in [6.45, 7) is 0. The summed E-state index contributed by atoms with van der Waals surface area (Å²) in [5.74, 6) is 0.141. The molecular weight excluding hydrogens is 238 g/mol. The van der Waals surface area contributed by atoms with Crippen LogP contribution in [0.5, 0.6) is 0 Å². The first-order chi connectivity index (χ1) is 8.56. The Morgan fingerprint density at radius 1 is 1.39 bits per heavy atom. The number of aryl methyl sites for hydroxylation is 1. The zero-order chi connectivity index (χ0) is 12.9. The zero-order valence-corrected chi connectivity index (χ0v) is 9.25. The summed E-state index contributed by atoms with van der Waals surface area (Å²) in [6.07, 6.45) is 2.58. The highest BCUT2D eigenvalue weighted by Gasteiger charge is 2.17. The average Bonchev–Trinajstić information content (AvgIpc) is 2.32. The highest BCUT2D eigenvalue weighted by Crippen LogP contribution is 2.16. The highest BCUT2D eigenvalue weighted by atomic mass is 16.5. The molecule has 0 fully saturated rings. The minimum atomic E-state index is -0.741. The van der Waals surface area contributed by atoms with Crippen molar-refractivity contribution in [2.45, 2.75) is 0 Å². The van der Waals surface area contributed by atoms with E-state index in [1.54, 1.807) is 7.05 Å². The lowest BCUT2D eigenvalue weighted by Crippen LogP contribution is -2.29. The molecule has 0 amide bonds. The van der Waals surface area contributed by atoms with Gasteiger partial charge in [-0.15, -0.1) is 0 Å². The molecule has 0 atom stereocenters. The van der Waals surface area contributed by atoms with E-state index in [2.05, 4.69) is 15.0 Å². The van der Waals surface area contributed by atoms with E-state index in [1.807, 2.05) is 0 Å². The Morgan fingerprint density at radius 3 is 2.94 bits per heavy atom. The third-order valence-corrected chi connectivity index (χ3v) is 2.66. The molecule has 18 heavy (non-hydrogen) atoms. The van der Waals surface area contributed by atoms with Crippen LogP contribution in [0, 0.1) is 5.21 Å². The van der Waals surface area contributed by atoms with Crippen LogP contribution in [-0.4, -0.2) is 19.5 Å². The van der Waals surface area contributed by atoms with Crippen molar-refractivity contribution in [1.82, 2.24) is 19.5 Å². The molecule has 1 N–H and O–H groups in total. The molecule has 3 heterocycles. The molecule has 0 bridgehead atoms. The predicted molar refractivity (Wildman–Crippen MR) is 61.0 cm³/mol. The maximum atomic E-state index is 11.6. The van der Waals surface area contributed by atoms with Crippen LogP contribution in [-0.2, 0) is 7.05 Å². The van der Waals surface area contributed by atoms with E-state index in [9.17, 15) is 14.8 Å². The van der Waals surface area contributed by atoms with E-state index in [0.717, 1.165) is 0 Å². The van der Waals surface area contributed by atoms with Gasteiger partial charge >= 0.3 is 5.69 Å². The molecule has 3 rings (SSSR count). The molecule has 0 unspecified atom stereocenters. The van der Waals surface area contributed by atoms with Crippen molar-refractivity contribution < 1.29 is 4.73 Å². The molecule has 90 valence electrons. The first kappa shape index (κ1) is 10.4. The van der Waals surface area contributed by atoms with Crippen LogP contribution in [0.4, 0.5) is 0 Å². The average molecular weight is 245 g/mol. The van der Waals surface area contributed by atoms with Gasteiger partial charge < -0.3 is 9.77 Å². The van der Waals surface area contributed by atoms with Gasteiger partial charge in [0.05, 0.1) is 5.52 Å². The maximum absolute atomic E-state index is 11.6. The van der Waals surface area contributed by atoms with Crippen molar-refractivity contribution in [3.8, 4) is 11.5 Å². The van der Waals surface area contributed by atoms with Crippen LogP contribution in [0.15, 0.2) is 28.0 Å². The summed E-state index contributed by atoms with van der Waals surface area (Å²) in [4.78, 5) is 32.7. The molecule has 1 aromatic heterocycles. The molecule has 8 nitrogen and oxygen atoms in total. The van der Waals surface area contributed by atoms with Crippen molar-refractivity contribution in [1.29, 1.82) is 0 Å². The summed E-state index contributed by atoms with van der Waals surface area (Å²) in [6, 6.07) is 1.49. The minimum absolute atomic E-state index is 0.0632. The van der Waals surface area contributed by atoms with Crippen LogP contribution in [0.25, 0.3) is 22.6 Å². The lowest BCUT2D eigenvalue weighted by molar-refractivity contribution is -0.604. The van der Waals surface area contributed by atoms with Gasteiger partial charge in [-0.05, 0) is 0 Å². The van der Waals surface area contributed by atoms with Crippen LogP contribution >= 0.6 is 0 Å². The summed E-state index contributed by atoms with van der Waals surface area (Å²) >= 11 is 0. The fraction of sp³-hybridized carbons (Fsp3) is 0.100. The van der Waals surface area contributed by atoms with Crippen LogP contribution in [0.3, 0.4) is 0 Å². The van der Waals surface area contributed by atoms with Gasteiger partial charge in [0.15, 0.2) is 17.7 Å². The third-order valence-electron chi connectivity index (χ3n) is 2.66. The Kier molecular flexibility index (Phi) is 1.94. The Morgan fingerprint density at radius 2 is 2.17 bits per heavy atom. The number of rotatable bonds is 0. The highest BCUT2D eigenvalue weighted by molar-refractivity contribution is 5.77. The largest absolute Gasteiger partial charge is 0.619 e. The number of fused-ring (bicyclic) bond motifs is 2. The number of pyridine rings is 1. The molecule has 0 saturated carbocycles. The molecular formula is C10H7N5O3. The van der Waals surface area contributed by atoms with Crippen molar-refractivity contribution in [2.75, 3.05) is 0 Å². The zero-order valence-electron chi connectivity index (χ0n) is 9.25. The number of H-pyrrole nitrogens is 1. The van der Waals surface area contributed by atoms with Crippen LogP contribution in [0.2, 0.25) is 0 Å². The normalized spacial score (nSPS) is 11.2. The molecule has 0 spiro atoms.